The van der Waals surface area contributed by atoms with Crippen LogP contribution in [0.2, 0.25) is 0 Å². The van der Waals surface area contributed by atoms with Crippen molar-refractivity contribution in [1.29, 1.82) is 0 Å². The fourth-order valence-electron chi connectivity index (χ4n) is 3.02. The normalized spacial score (nSPS) is 12.1. The van der Waals surface area contributed by atoms with Gasteiger partial charge in [-0.05, 0) is 49.2 Å². The van der Waals surface area contributed by atoms with Crippen LogP contribution in [0, 0.1) is 0 Å². The number of nitrogens with one attached hydrogen (secondary N) is 2. The van der Waals surface area contributed by atoms with Crippen molar-refractivity contribution in [1.82, 2.24) is 14.8 Å². The summed E-state index contributed by atoms with van der Waals surface area (Å²) >= 11 is 0. The molecule has 0 aliphatic heterocycles. The van der Waals surface area contributed by atoms with Crippen LogP contribution in [0.4, 0.5) is 24.5 Å². The number of carbonyl (C=O) groups is 1. The van der Waals surface area contributed by atoms with E-state index in [9.17, 15) is 26.4 Å². The summed E-state index contributed by atoms with van der Waals surface area (Å²) in [5, 5.41) is 6.87. The Hall–Kier alpha value is -3.41. The maximum atomic E-state index is 12.9. The number of nitrogens with zero attached hydrogens (tertiary/aromatic N) is 3. The fourth-order valence-corrected chi connectivity index (χ4v) is 3.66. The van der Waals surface area contributed by atoms with E-state index >= 15 is 0 Å². The van der Waals surface area contributed by atoms with Crippen LogP contribution >= 0.6 is 0 Å². The first-order chi connectivity index (χ1) is 15.4. The average Bonchev–Trinajstić information content (AvgIpc) is 3.20. The van der Waals surface area contributed by atoms with Gasteiger partial charge in [0.25, 0.3) is 5.91 Å². The molecule has 0 aliphatic rings. The lowest BCUT2D eigenvalue weighted by molar-refractivity contribution is -0.137. The van der Waals surface area contributed by atoms with Crippen molar-refractivity contribution < 1.29 is 26.4 Å². The number of benzene rings is 1. The molecule has 0 radical (unpaired) electrons. The summed E-state index contributed by atoms with van der Waals surface area (Å²) in [5.74, 6) is -0.582. The van der Waals surface area contributed by atoms with E-state index < -0.39 is 27.7 Å². The van der Waals surface area contributed by atoms with Crippen LogP contribution in [0.1, 0.15) is 48.3 Å². The van der Waals surface area contributed by atoms with E-state index in [0.717, 1.165) is 12.3 Å². The maximum Gasteiger partial charge on any atom is 0.417 e. The van der Waals surface area contributed by atoms with Gasteiger partial charge in [0.2, 0.25) is 10.0 Å². The third-order valence-electron chi connectivity index (χ3n) is 4.69. The molecule has 1 aromatic carbocycles. The number of hydrogen-bond acceptors (Lipinski definition) is 5. The molecular weight excluding hydrogens is 459 g/mol. The predicted octanol–water partition coefficient (Wildman–Crippen LogP) is 4.42. The summed E-state index contributed by atoms with van der Waals surface area (Å²) in [6.07, 6.45) is -2.46. The number of amides is 1. The molecule has 2 heterocycles. The first-order valence-corrected chi connectivity index (χ1v) is 11.6. The van der Waals surface area contributed by atoms with E-state index in [1.54, 1.807) is 12.1 Å². The van der Waals surface area contributed by atoms with Crippen molar-refractivity contribution in [2.45, 2.75) is 32.9 Å². The Labute approximate surface area is 188 Å². The van der Waals surface area contributed by atoms with Crippen molar-refractivity contribution in [3.8, 4) is 5.82 Å². The second kappa shape index (κ2) is 9.22. The molecule has 2 aromatic heterocycles. The van der Waals surface area contributed by atoms with Crippen molar-refractivity contribution in [2.24, 2.45) is 0 Å². The van der Waals surface area contributed by atoms with Crippen LogP contribution in [0.25, 0.3) is 5.82 Å². The smallest absolute Gasteiger partial charge is 0.322 e. The minimum absolute atomic E-state index is 0.0682. The number of aromatic nitrogens is 3. The van der Waals surface area contributed by atoms with Gasteiger partial charge in [-0.3, -0.25) is 9.52 Å². The molecule has 0 unspecified atom stereocenters. The Morgan fingerprint density at radius 1 is 1.06 bits per heavy atom. The second-order valence-electron chi connectivity index (χ2n) is 7.45. The lowest BCUT2D eigenvalue weighted by atomic mass is 10.1. The number of hydrogen-bond donors (Lipinski definition) is 2. The van der Waals surface area contributed by atoms with Crippen LogP contribution in [-0.4, -0.2) is 34.8 Å². The number of alkyl halides is 3. The minimum atomic E-state index is -4.51. The van der Waals surface area contributed by atoms with Crippen LogP contribution in [0.3, 0.4) is 0 Å². The number of rotatable bonds is 7. The zero-order valence-electron chi connectivity index (χ0n) is 18.0. The third kappa shape index (κ3) is 5.69. The van der Waals surface area contributed by atoms with Crippen molar-refractivity contribution in [3.63, 3.8) is 0 Å². The SMILES string of the molecule is CCS(=O)(=O)Nc1ccc(NC(=O)c2cnn(-c3ccc(C(F)(F)F)cn3)c2C(C)C)cc1. The highest BCUT2D eigenvalue weighted by atomic mass is 32.2. The number of halogens is 3. The van der Waals surface area contributed by atoms with E-state index in [-0.39, 0.29) is 23.1 Å². The Bertz CT molecular complexity index is 1240. The Morgan fingerprint density at radius 3 is 2.21 bits per heavy atom. The molecular formula is C21H22F3N5O3S. The first kappa shape index (κ1) is 24.2. The molecule has 0 aliphatic carbocycles. The van der Waals surface area contributed by atoms with E-state index in [4.69, 9.17) is 0 Å². The standard InChI is InChI=1S/C21H22F3N5O3S/c1-4-33(31,32)28-16-8-6-15(7-9-16)27-20(30)17-12-26-29(19(17)13(2)3)18-10-5-14(11-25-18)21(22,23)24/h5-13,28H,4H2,1-3H3,(H,27,30). The molecule has 8 nitrogen and oxygen atoms in total. The summed E-state index contributed by atoms with van der Waals surface area (Å²) in [7, 11) is -3.42. The van der Waals surface area contributed by atoms with Crippen LogP contribution < -0.4 is 10.0 Å². The van der Waals surface area contributed by atoms with Gasteiger partial charge < -0.3 is 5.32 Å². The van der Waals surface area contributed by atoms with Gasteiger partial charge >= 0.3 is 6.18 Å². The molecule has 2 N–H and O–H groups in total. The number of pyridine rings is 1. The van der Waals surface area contributed by atoms with Gasteiger partial charge in [0, 0.05) is 17.6 Å². The quantitative estimate of drug-likeness (QED) is 0.520. The van der Waals surface area contributed by atoms with Crippen molar-refractivity contribution in [2.75, 3.05) is 15.8 Å². The van der Waals surface area contributed by atoms with Gasteiger partial charge in [0.1, 0.15) is 0 Å². The number of carbonyl (C=O) groups excluding carboxylic acids is 1. The van der Waals surface area contributed by atoms with E-state index in [1.165, 1.54) is 36.0 Å². The topological polar surface area (TPSA) is 106 Å². The molecule has 12 heteroatoms. The van der Waals surface area contributed by atoms with Gasteiger partial charge in [-0.2, -0.15) is 18.3 Å². The predicted molar refractivity (Wildman–Crippen MR) is 118 cm³/mol. The van der Waals surface area contributed by atoms with Gasteiger partial charge in [-0.25, -0.2) is 18.1 Å². The fraction of sp³-hybridized carbons (Fsp3) is 0.286. The van der Waals surface area contributed by atoms with Crippen molar-refractivity contribution >= 4 is 27.3 Å². The Balaban J connectivity index is 1.84. The molecule has 33 heavy (non-hydrogen) atoms. The molecule has 3 aromatic rings. The van der Waals surface area contributed by atoms with E-state index in [0.29, 0.717) is 17.1 Å². The summed E-state index contributed by atoms with van der Waals surface area (Å²) in [6, 6.07) is 8.22. The highest BCUT2D eigenvalue weighted by Crippen LogP contribution is 2.29. The lowest BCUT2D eigenvalue weighted by Crippen LogP contribution is -2.16. The summed E-state index contributed by atoms with van der Waals surface area (Å²) in [5.41, 5.74) is 0.621. The zero-order chi connectivity index (χ0) is 24.4. The Morgan fingerprint density at radius 2 is 1.70 bits per heavy atom. The van der Waals surface area contributed by atoms with Crippen LogP contribution in [0.5, 0.6) is 0 Å². The van der Waals surface area contributed by atoms with Gasteiger partial charge in [-0.1, -0.05) is 13.8 Å². The van der Waals surface area contributed by atoms with Crippen molar-refractivity contribution in [3.05, 3.63) is 65.6 Å². The Kier molecular flexibility index (Phi) is 6.77. The lowest BCUT2D eigenvalue weighted by Gasteiger charge is -2.13. The molecule has 3 rings (SSSR count). The summed E-state index contributed by atoms with van der Waals surface area (Å²) < 4.78 is 65.5. The minimum Gasteiger partial charge on any atom is -0.322 e. The average molecular weight is 482 g/mol. The molecule has 176 valence electrons. The third-order valence-corrected chi connectivity index (χ3v) is 5.99. The van der Waals surface area contributed by atoms with Crippen LogP contribution in [0.15, 0.2) is 48.8 Å². The van der Waals surface area contributed by atoms with E-state index in [2.05, 4.69) is 20.1 Å². The molecule has 1 amide bonds. The summed E-state index contributed by atoms with van der Waals surface area (Å²) in [4.78, 5) is 16.7. The molecule has 0 saturated heterocycles. The van der Waals surface area contributed by atoms with Gasteiger partial charge in [0.05, 0.1) is 28.8 Å². The highest BCUT2D eigenvalue weighted by molar-refractivity contribution is 7.92. The summed E-state index contributed by atoms with van der Waals surface area (Å²) in [6.45, 7) is 5.16. The first-order valence-electron chi connectivity index (χ1n) is 9.94. The molecule has 0 fully saturated rings. The maximum absolute atomic E-state index is 12.9. The largest absolute Gasteiger partial charge is 0.417 e. The molecule has 0 bridgehead atoms. The van der Waals surface area contributed by atoms with Gasteiger partial charge in [-0.15, -0.1) is 0 Å². The monoisotopic (exact) mass is 481 g/mol. The second-order valence-corrected chi connectivity index (χ2v) is 9.46. The molecule has 0 spiro atoms. The number of sulfonamides is 1. The molecule has 0 atom stereocenters. The highest BCUT2D eigenvalue weighted by Gasteiger charge is 2.31. The molecule has 0 saturated carbocycles. The van der Waals surface area contributed by atoms with Gasteiger partial charge in [0.15, 0.2) is 5.82 Å². The van der Waals surface area contributed by atoms with Crippen LogP contribution in [-0.2, 0) is 16.2 Å². The zero-order valence-corrected chi connectivity index (χ0v) is 18.8. The number of anilines is 2. The van der Waals surface area contributed by atoms with E-state index in [1.807, 2.05) is 13.8 Å².